The van der Waals surface area contributed by atoms with Crippen molar-refractivity contribution in [2.24, 2.45) is 5.92 Å². The lowest BCUT2D eigenvalue weighted by molar-refractivity contribution is -0.0502. The Morgan fingerprint density at radius 2 is 2.05 bits per heavy atom. The fourth-order valence-corrected chi connectivity index (χ4v) is 1.91. The molecule has 0 spiro atoms. The third-order valence-electron chi connectivity index (χ3n) is 3.27. The second kappa shape index (κ2) is 6.86. The topological polar surface area (TPSA) is 50.9 Å². The number of nitrogens with zero attached hydrogens (tertiary/aromatic N) is 3. The highest BCUT2D eigenvalue weighted by molar-refractivity contribution is 6.30. The molecule has 0 bridgehead atoms. The molecule has 0 fully saturated rings. The molecule has 4 nitrogen and oxygen atoms in total. The maximum atomic E-state index is 13.0. The summed E-state index contributed by atoms with van der Waals surface area (Å²) >= 11 is 5.77. The first-order chi connectivity index (χ1) is 10.4. The Kier molecular flexibility index (Phi) is 5.11. The maximum absolute atomic E-state index is 13.0. The van der Waals surface area contributed by atoms with Gasteiger partial charge in [-0.05, 0) is 24.3 Å². The van der Waals surface area contributed by atoms with Crippen molar-refractivity contribution in [1.29, 1.82) is 0 Å². The fraction of sp³-hybridized carbons (Fsp3) is 0.333. The molecular weight excluding hydrogens is 312 g/mol. The van der Waals surface area contributed by atoms with Crippen LogP contribution in [0.3, 0.4) is 0 Å². The third-order valence-corrected chi connectivity index (χ3v) is 3.52. The minimum atomic E-state index is -2.71. The minimum absolute atomic E-state index is 0.195. The molecule has 2 aromatic rings. The third kappa shape index (κ3) is 4.03. The smallest absolute Gasteiger partial charge is 0.244 e. The summed E-state index contributed by atoms with van der Waals surface area (Å²) in [5, 5.41) is 14.9. The Hall–Kier alpha value is -1.97. The average Bonchev–Trinajstić information content (AvgIpc) is 2.98. The SMILES string of the molecule is CC(C(F)F)C(O)(C#Cc1ccc(Cl)cc1)Cn1cncn1. The molecule has 0 amide bonds. The van der Waals surface area contributed by atoms with Crippen molar-refractivity contribution >= 4 is 11.6 Å². The Bertz CT molecular complexity index is 664. The van der Waals surface area contributed by atoms with Crippen molar-refractivity contribution in [1.82, 2.24) is 14.8 Å². The van der Waals surface area contributed by atoms with Crippen molar-refractivity contribution in [2.75, 3.05) is 0 Å². The number of hydrogen-bond donors (Lipinski definition) is 1. The molecule has 1 aromatic carbocycles. The summed E-state index contributed by atoms with van der Waals surface area (Å²) in [6.07, 6.45) is -0.110. The summed E-state index contributed by atoms with van der Waals surface area (Å²) in [5.41, 5.74) is -1.36. The highest BCUT2D eigenvalue weighted by Crippen LogP contribution is 2.25. The normalized spacial score (nSPS) is 15.0. The molecule has 0 aliphatic heterocycles. The monoisotopic (exact) mass is 325 g/mol. The first-order valence-corrected chi connectivity index (χ1v) is 6.90. The fourth-order valence-electron chi connectivity index (χ4n) is 1.78. The molecule has 2 rings (SSSR count). The lowest BCUT2D eigenvalue weighted by Gasteiger charge is -2.28. The van der Waals surface area contributed by atoms with E-state index < -0.39 is 17.9 Å². The van der Waals surface area contributed by atoms with Crippen LogP contribution >= 0.6 is 11.6 Å². The average molecular weight is 326 g/mol. The summed E-state index contributed by atoms with van der Waals surface area (Å²) in [4.78, 5) is 3.73. The van der Waals surface area contributed by atoms with Gasteiger partial charge in [-0.25, -0.2) is 18.4 Å². The lowest BCUT2D eigenvalue weighted by Crippen LogP contribution is -2.43. The van der Waals surface area contributed by atoms with E-state index in [1.807, 2.05) is 0 Å². The summed E-state index contributed by atoms with van der Waals surface area (Å²) in [5.74, 6) is 3.90. The van der Waals surface area contributed by atoms with E-state index in [2.05, 4.69) is 21.9 Å². The number of hydrogen-bond acceptors (Lipinski definition) is 3. The number of benzene rings is 1. The molecular formula is C15H14ClF2N3O. The van der Waals surface area contributed by atoms with Gasteiger partial charge in [0.05, 0.1) is 12.5 Å². The van der Waals surface area contributed by atoms with Crippen LogP contribution in [-0.4, -0.2) is 31.9 Å². The van der Waals surface area contributed by atoms with Gasteiger partial charge >= 0.3 is 0 Å². The molecule has 0 radical (unpaired) electrons. The van der Waals surface area contributed by atoms with E-state index in [1.54, 1.807) is 24.3 Å². The second-order valence-corrected chi connectivity index (χ2v) is 5.33. The van der Waals surface area contributed by atoms with E-state index in [-0.39, 0.29) is 6.54 Å². The quantitative estimate of drug-likeness (QED) is 0.879. The Morgan fingerprint density at radius 1 is 1.36 bits per heavy atom. The van der Waals surface area contributed by atoms with E-state index >= 15 is 0 Å². The molecule has 1 aromatic heterocycles. The number of aromatic nitrogens is 3. The van der Waals surface area contributed by atoms with Gasteiger partial charge in [-0.1, -0.05) is 30.4 Å². The predicted octanol–water partition coefficient (Wildman–Crippen LogP) is 2.62. The van der Waals surface area contributed by atoms with Crippen molar-refractivity contribution in [3.8, 4) is 11.8 Å². The van der Waals surface area contributed by atoms with Crippen LogP contribution in [0.4, 0.5) is 8.78 Å². The van der Waals surface area contributed by atoms with Crippen molar-refractivity contribution < 1.29 is 13.9 Å². The first kappa shape index (κ1) is 16.4. The predicted molar refractivity (Wildman–Crippen MR) is 78.5 cm³/mol. The molecule has 0 aliphatic carbocycles. The highest BCUT2D eigenvalue weighted by Gasteiger charge is 2.38. The molecule has 0 saturated heterocycles. The minimum Gasteiger partial charge on any atom is -0.375 e. The van der Waals surface area contributed by atoms with Gasteiger partial charge in [0.25, 0.3) is 0 Å². The first-order valence-electron chi connectivity index (χ1n) is 6.52. The van der Waals surface area contributed by atoms with Crippen molar-refractivity contribution in [3.05, 3.63) is 47.5 Å². The van der Waals surface area contributed by atoms with Gasteiger partial charge in [0.1, 0.15) is 12.7 Å². The van der Waals surface area contributed by atoms with Gasteiger partial charge in [0.2, 0.25) is 6.43 Å². The van der Waals surface area contributed by atoms with Gasteiger partial charge in [0.15, 0.2) is 5.60 Å². The largest absolute Gasteiger partial charge is 0.375 e. The van der Waals surface area contributed by atoms with Crippen LogP contribution in [0.5, 0.6) is 0 Å². The number of alkyl halides is 2. The van der Waals surface area contributed by atoms with Crippen LogP contribution in [-0.2, 0) is 6.54 Å². The summed E-state index contributed by atoms with van der Waals surface area (Å²) in [6.45, 7) is 1.05. The van der Waals surface area contributed by atoms with Gasteiger partial charge in [-0.3, -0.25) is 0 Å². The summed E-state index contributed by atoms with van der Waals surface area (Å²) in [6, 6.07) is 6.58. The van der Waals surface area contributed by atoms with Gasteiger partial charge < -0.3 is 5.11 Å². The molecule has 7 heteroatoms. The molecule has 1 N–H and O–H groups in total. The zero-order valence-electron chi connectivity index (χ0n) is 11.7. The van der Waals surface area contributed by atoms with Crippen LogP contribution in [0, 0.1) is 17.8 Å². The second-order valence-electron chi connectivity index (χ2n) is 4.90. The summed E-state index contributed by atoms with van der Waals surface area (Å²) in [7, 11) is 0. The number of halogens is 3. The maximum Gasteiger partial charge on any atom is 0.244 e. The molecule has 22 heavy (non-hydrogen) atoms. The van der Waals surface area contributed by atoms with Crippen LogP contribution in [0.1, 0.15) is 12.5 Å². The van der Waals surface area contributed by atoms with Crippen molar-refractivity contribution in [3.63, 3.8) is 0 Å². The Morgan fingerprint density at radius 3 is 2.59 bits per heavy atom. The zero-order chi connectivity index (χ0) is 16.2. The van der Waals surface area contributed by atoms with Crippen molar-refractivity contribution in [2.45, 2.75) is 25.5 Å². The lowest BCUT2D eigenvalue weighted by atomic mass is 9.89. The molecule has 2 atom stereocenters. The Balaban J connectivity index is 2.30. The molecule has 116 valence electrons. The van der Waals surface area contributed by atoms with E-state index in [9.17, 15) is 13.9 Å². The highest BCUT2D eigenvalue weighted by atomic mass is 35.5. The van der Waals surface area contributed by atoms with E-state index in [0.717, 1.165) is 0 Å². The molecule has 0 aliphatic rings. The van der Waals surface area contributed by atoms with E-state index in [1.165, 1.54) is 24.3 Å². The zero-order valence-corrected chi connectivity index (χ0v) is 12.5. The standard InChI is InChI=1S/C15H14ClF2N3O/c1-11(14(17)18)15(22,8-21-10-19-9-20-21)7-6-12-2-4-13(16)5-3-12/h2-5,9-11,14,22H,8H2,1H3. The van der Waals surface area contributed by atoms with Crippen LogP contribution in [0.2, 0.25) is 5.02 Å². The van der Waals surface area contributed by atoms with E-state index in [4.69, 9.17) is 11.6 Å². The molecule has 2 unspecified atom stereocenters. The number of rotatable bonds is 4. The molecule has 1 heterocycles. The number of aliphatic hydroxyl groups is 1. The van der Waals surface area contributed by atoms with Gasteiger partial charge in [-0.2, -0.15) is 5.10 Å². The van der Waals surface area contributed by atoms with Gasteiger partial charge in [0, 0.05) is 10.6 Å². The van der Waals surface area contributed by atoms with E-state index in [0.29, 0.717) is 10.6 Å². The summed E-state index contributed by atoms with van der Waals surface area (Å²) < 4.78 is 27.4. The van der Waals surface area contributed by atoms with Crippen LogP contribution in [0.25, 0.3) is 0 Å². The molecule has 0 saturated carbocycles. The van der Waals surface area contributed by atoms with Crippen LogP contribution < -0.4 is 0 Å². The van der Waals surface area contributed by atoms with Gasteiger partial charge in [-0.15, -0.1) is 0 Å². The van der Waals surface area contributed by atoms with Crippen LogP contribution in [0.15, 0.2) is 36.9 Å². The Labute approximate surface area is 131 Å².